The normalized spacial score (nSPS) is 11.1. The second-order valence-electron chi connectivity index (χ2n) is 8.22. The van der Waals surface area contributed by atoms with Crippen molar-refractivity contribution >= 4 is 37.5 Å². The molecule has 0 saturated carbocycles. The molecule has 5 rings (SSSR count). The number of hydrogen-bond acceptors (Lipinski definition) is 4. The van der Waals surface area contributed by atoms with E-state index in [1.165, 1.54) is 20.8 Å². The Morgan fingerprint density at radius 1 is 0.556 bits per heavy atom. The smallest absolute Gasteiger partial charge is 0.166 e. The summed E-state index contributed by atoms with van der Waals surface area (Å²) in [6.45, 7) is 0. The molecule has 0 bridgehead atoms. The summed E-state index contributed by atoms with van der Waals surface area (Å²) >= 11 is 0. The van der Waals surface area contributed by atoms with Gasteiger partial charge in [0.1, 0.15) is 10.1 Å². The molecule has 0 aliphatic heterocycles. The van der Waals surface area contributed by atoms with Gasteiger partial charge in [0.25, 0.3) is 0 Å². The maximum absolute atomic E-state index is 11.2. The van der Waals surface area contributed by atoms with Gasteiger partial charge in [0.05, 0.1) is 15.8 Å². The Bertz CT molecular complexity index is 1430. The van der Waals surface area contributed by atoms with E-state index in [4.69, 9.17) is 0 Å². The third-order valence-corrected chi connectivity index (χ3v) is 8.67. The van der Waals surface area contributed by atoms with Crippen LogP contribution in [-0.2, 0) is 21.0 Å². The van der Waals surface area contributed by atoms with Crippen molar-refractivity contribution in [2.75, 3.05) is 19.0 Å². The first-order chi connectivity index (χ1) is 17.4. The Labute approximate surface area is 215 Å². The molecule has 0 heterocycles. The van der Waals surface area contributed by atoms with Crippen molar-refractivity contribution in [2.24, 2.45) is 0 Å². The van der Waals surface area contributed by atoms with E-state index in [0.29, 0.717) is 5.39 Å². The van der Waals surface area contributed by atoms with E-state index in [1.54, 1.807) is 24.3 Å². The Hall–Kier alpha value is -3.58. The van der Waals surface area contributed by atoms with Crippen LogP contribution >= 0.6 is 0 Å². The molecule has 0 saturated heterocycles. The van der Waals surface area contributed by atoms with Crippen molar-refractivity contribution in [2.45, 2.75) is 19.6 Å². The fraction of sp³-hybridized carbons (Fsp3) is 0.0667. The standard InChI is InChI=1S/C18H15S.C12H13NO3S/c1-4-10-16(11-5-1)19(17-12-6-2-7-13-17)18-14-8-3-9-15-18;1-13(2)11-7-3-6-10-9(11)5-4-8-12(10)17(14,15)16/h1-15H;3-8H,1-2H3,(H,14,15,16)/q+1;/p-1. The highest BCUT2D eigenvalue weighted by Crippen LogP contribution is 2.31. The number of hydrogen-bond donors (Lipinski definition) is 0. The minimum atomic E-state index is -4.44. The predicted octanol–water partition coefficient (Wildman–Crippen LogP) is 6.59. The maximum atomic E-state index is 11.2. The Balaban J connectivity index is 0.000000170. The molecule has 0 amide bonds. The van der Waals surface area contributed by atoms with Crippen LogP contribution in [0.4, 0.5) is 5.69 Å². The summed E-state index contributed by atoms with van der Waals surface area (Å²) in [7, 11) is -0.719. The SMILES string of the molecule is CN(C)c1cccc2c(S(=O)(=O)[O-])cccc12.c1ccc([S+](c2ccccc2)c2ccccc2)cc1. The zero-order chi connectivity index (χ0) is 25.5. The Morgan fingerprint density at radius 2 is 0.972 bits per heavy atom. The number of fused-ring (bicyclic) bond motifs is 1. The fourth-order valence-electron chi connectivity index (χ4n) is 3.95. The zero-order valence-corrected chi connectivity index (χ0v) is 21.7. The lowest BCUT2D eigenvalue weighted by atomic mass is 10.1. The van der Waals surface area contributed by atoms with Crippen molar-refractivity contribution < 1.29 is 13.0 Å². The van der Waals surface area contributed by atoms with Crippen molar-refractivity contribution in [3.63, 3.8) is 0 Å². The van der Waals surface area contributed by atoms with Gasteiger partial charge in [-0.15, -0.1) is 0 Å². The van der Waals surface area contributed by atoms with Gasteiger partial charge in [-0.1, -0.05) is 78.9 Å². The molecular weight excluding hydrogens is 486 g/mol. The second-order valence-corrected chi connectivity index (χ2v) is 11.6. The van der Waals surface area contributed by atoms with Crippen LogP contribution in [0, 0.1) is 0 Å². The van der Waals surface area contributed by atoms with Gasteiger partial charge in [-0.25, -0.2) is 8.42 Å². The molecule has 36 heavy (non-hydrogen) atoms. The molecule has 0 radical (unpaired) electrons. The molecule has 0 N–H and O–H groups in total. The van der Waals surface area contributed by atoms with E-state index in [2.05, 4.69) is 91.0 Å². The van der Waals surface area contributed by atoms with Crippen molar-refractivity contribution in [3.8, 4) is 0 Å². The van der Waals surface area contributed by atoms with E-state index in [9.17, 15) is 13.0 Å². The van der Waals surface area contributed by atoms with Crippen LogP contribution in [0.5, 0.6) is 0 Å². The molecule has 0 aromatic heterocycles. The van der Waals surface area contributed by atoms with Gasteiger partial charge in [0, 0.05) is 30.6 Å². The monoisotopic (exact) mass is 513 g/mol. The molecular formula is C30H27NO3S2. The first-order valence-corrected chi connectivity index (χ1v) is 14.0. The van der Waals surface area contributed by atoms with Crippen LogP contribution in [0.3, 0.4) is 0 Å². The minimum absolute atomic E-state index is 0.0146. The topological polar surface area (TPSA) is 60.4 Å². The molecule has 0 unspecified atom stereocenters. The first-order valence-electron chi connectivity index (χ1n) is 11.4. The molecule has 0 aliphatic rings. The number of anilines is 1. The number of nitrogens with zero attached hydrogens (tertiary/aromatic N) is 1. The second kappa shape index (κ2) is 11.4. The van der Waals surface area contributed by atoms with Crippen molar-refractivity contribution in [1.82, 2.24) is 0 Å². The highest BCUT2D eigenvalue weighted by molar-refractivity contribution is 7.97. The van der Waals surface area contributed by atoms with Crippen molar-refractivity contribution in [1.29, 1.82) is 0 Å². The molecule has 182 valence electrons. The predicted molar refractivity (Wildman–Crippen MR) is 148 cm³/mol. The summed E-state index contributed by atoms with van der Waals surface area (Å²) in [5.41, 5.74) is 0.882. The van der Waals surface area contributed by atoms with E-state index in [0.717, 1.165) is 11.1 Å². The minimum Gasteiger partial charge on any atom is -0.744 e. The van der Waals surface area contributed by atoms with Gasteiger partial charge >= 0.3 is 0 Å². The largest absolute Gasteiger partial charge is 0.744 e. The number of benzene rings is 5. The van der Waals surface area contributed by atoms with E-state index in [-0.39, 0.29) is 15.8 Å². The van der Waals surface area contributed by atoms with Crippen molar-refractivity contribution in [3.05, 3.63) is 127 Å². The lowest BCUT2D eigenvalue weighted by molar-refractivity contribution is 0.464. The molecule has 6 heteroatoms. The van der Waals surface area contributed by atoms with E-state index in [1.807, 2.05) is 25.1 Å². The van der Waals surface area contributed by atoms with Gasteiger partial charge in [0.2, 0.25) is 0 Å². The van der Waals surface area contributed by atoms with E-state index < -0.39 is 10.1 Å². The highest BCUT2D eigenvalue weighted by Gasteiger charge is 2.27. The average Bonchev–Trinajstić information content (AvgIpc) is 2.90. The van der Waals surface area contributed by atoms with Crippen LogP contribution in [0.25, 0.3) is 10.8 Å². The molecule has 0 fully saturated rings. The van der Waals surface area contributed by atoms with Gasteiger partial charge < -0.3 is 9.45 Å². The molecule has 5 aromatic rings. The third-order valence-electron chi connectivity index (χ3n) is 5.55. The van der Waals surface area contributed by atoms with Crippen LogP contribution in [0.2, 0.25) is 0 Å². The first kappa shape index (κ1) is 25.5. The van der Waals surface area contributed by atoms with E-state index >= 15 is 0 Å². The van der Waals surface area contributed by atoms with Gasteiger partial charge in [-0.05, 0) is 48.5 Å². The summed E-state index contributed by atoms with van der Waals surface area (Å²) in [5.74, 6) is 0. The molecule has 0 spiro atoms. The van der Waals surface area contributed by atoms with Gasteiger partial charge in [-0.3, -0.25) is 0 Å². The lowest BCUT2D eigenvalue weighted by Crippen LogP contribution is -2.09. The third kappa shape index (κ3) is 5.97. The summed E-state index contributed by atoms with van der Waals surface area (Å²) in [5, 5.41) is 1.23. The quantitative estimate of drug-likeness (QED) is 0.196. The van der Waals surface area contributed by atoms with Gasteiger partial charge in [0.15, 0.2) is 14.7 Å². The lowest BCUT2D eigenvalue weighted by Gasteiger charge is -2.17. The van der Waals surface area contributed by atoms with Crippen LogP contribution in [-0.4, -0.2) is 27.1 Å². The van der Waals surface area contributed by atoms with Gasteiger partial charge in [-0.2, -0.15) is 0 Å². The Morgan fingerprint density at radius 3 is 1.39 bits per heavy atom. The average molecular weight is 514 g/mol. The molecule has 0 aliphatic carbocycles. The van der Waals surface area contributed by atoms with Crippen LogP contribution < -0.4 is 4.90 Å². The fourth-order valence-corrected chi connectivity index (χ4v) is 6.75. The van der Waals surface area contributed by atoms with Crippen LogP contribution in [0.15, 0.2) is 147 Å². The van der Waals surface area contributed by atoms with Crippen LogP contribution in [0.1, 0.15) is 0 Å². The zero-order valence-electron chi connectivity index (χ0n) is 20.1. The summed E-state index contributed by atoms with van der Waals surface area (Å²) in [6.07, 6.45) is 0. The molecule has 0 atom stereocenters. The summed E-state index contributed by atoms with van der Waals surface area (Å²) in [4.78, 5) is 5.79. The number of rotatable bonds is 5. The molecule has 4 nitrogen and oxygen atoms in total. The maximum Gasteiger partial charge on any atom is 0.166 e. The highest BCUT2D eigenvalue weighted by atomic mass is 32.2. The summed E-state index contributed by atoms with van der Waals surface area (Å²) < 4.78 is 33.5. The Kier molecular flexibility index (Phi) is 8.10. The molecule has 5 aromatic carbocycles. The summed E-state index contributed by atoms with van der Waals surface area (Å²) in [6, 6.07) is 42.1.